The maximum absolute atomic E-state index is 13.8. The molecule has 1 aliphatic heterocycles. The van der Waals surface area contributed by atoms with E-state index >= 15 is 0 Å². The van der Waals surface area contributed by atoms with E-state index in [1.165, 1.54) is 14.2 Å². The number of amides is 2. The summed E-state index contributed by atoms with van der Waals surface area (Å²) in [5.41, 5.74) is 2.41. The highest BCUT2D eigenvalue weighted by Gasteiger charge is 2.34. The number of ether oxygens (including phenoxy) is 3. The Morgan fingerprint density at radius 2 is 1.45 bits per heavy atom. The van der Waals surface area contributed by atoms with E-state index in [0.717, 1.165) is 11.3 Å². The molecule has 192 valence electrons. The SMILES string of the molecule is COC(=O)c1c(NC(=O)C2c3ccccc3Oc3ccccc32)sc(C(=O)Nc2ccccc2OC)c1C. The first-order chi connectivity index (χ1) is 18.4. The minimum atomic E-state index is -0.685. The lowest BCUT2D eigenvalue weighted by Gasteiger charge is -2.27. The van der Waals surface area contributed by atoms with Gasteiger partial charge in [-0.25, -0.2) is 4.79 Å². The number of fused-ring (bicyclic) bond motifs is 2. The van der Waals surface area contributed by atoms with E-state index in [1.54, 1.807) is 43.3 Å². The van der Waals surface area contributed by atoms with E-state index in [2.05, 4.69) is 10.6 Å². The lowest BCUT2D eigenvalue weighted by atomic mass is 9.87. The highest BCUT2D eigenvalue weighted by Crippen LogP contribution is 2.45. The highest BCUT2D eigenvalue weighted by molar-refractivity contribution is 7.19. The largest absolute Gasteiger partial charge is 0.495 e. The minimum absolute atomic E-state index is 0.129. The number of hydrogen-bond acceptors (Lipinski definition) is 7. The molecule has 0 radical (unpaired) electrons. The molecule has 1 aromatic heterocycles. The van der Waals surface area contributed by atoms with Crippen molar-refractivity contribution in [2.45, 2.75) is 12.8 Å². The normalized spacial score (nSPS) is 12.0. The molecular weight excluding hydrogens is 504 g/mol. The molecule has 2 amide bonds. The van der Waals surface area contributed by atoms with E-state index in [1.807, 2.05) is 36.4 Å². The molecule has 38 heavy (non-hydrogen) atoms. The van der Waals surface area contributed by atoms with Crippen LogP contribution in [0.25, 0.3) is 0 Å². The van der Waals surface area contributed by atoms with Gasteiger partial charge >= 0.3 is 5.97 Å². The van der Waals surface area contributed by atoms with E-state index < -0.39 is 17.8 Å². The fourth-order valence-electron chi connectivity index (χ4n) is 4.47. The molecule has 0 saturated heterocycles. The summed E-state index contributed by atoms with van der Waals surface area (Å²) in [5.74, 6) is -0.486. The second-order valence-corrected chi connectivity index (χ2v) is 9.53. The second kappa shape index (κ2) is 10.4. The monoisotopic (exact) mass is 528 g/mol. The van der Waals surface area contributed by atoms with Gasteiger partial charge < -0.3 is 24.8 Å². The summed E-state index contributed by atoms with van der Waals surface area (Å²) in [4.78, 5) is 40.1. The third-order valence-electron chi connectivity index (χ3n) is 6.28. The molecule has 2 heterocycles. The summed E-state index contributed by atoms with van der Waals surface area (Å²) >= 11 is 1.01. The lowest BCUT2D eigenvalue weighted by molar-refractivity contribution is -0.116. The van der Waals surface area contributed by atoms with Crippen LogP contribution in [0.15, 0.2) is 72.8 Å². The van der Waals surface area contributed by atoms with Gasteiger partial charge in [0.05, 0.1) is 36.3 Å². The van der Waals surface area contributed by atoms with Crippen LogP contribution in [0.2, 0.25) is 0 Å². The second-order valence-electron chi connectivity index (χ2n) is 8.51. The van der Waals surface area contributed by atoms with Crippen LogP contribution in [0, 0.1) is 6.92 Å². The number of benzene rings is 3. The van der Waals surface area contributed by atoms with Crippen LogP contribution < -0.4 is 20.1 Å². The number of anilines is 2. The molecule has 4 aromatic rings. The maximum Gasteiger partial charge on any atom is 0.341 e. The van der Waals surface area contributed by atoms with Gasteiger partial charge in [0, 0.05) is 11.1 Å². The van der Waals surface area contributed by atoms with Gasteiger partial charge in [-0.1, -0.05) is 48.5 Å². The van der Waals surface area contributed by atoms with Gasteiger partial charge in [-0.3, -0.25) is 9.59 Å². The Balaban J connectivity index is 1.51. The number of esters is 1. The molecule has 8 nitrogen and oxygen atoms in total. The summed E-state index contributed by atoms with van der Waals surface area (Å²) in [6.45, 7) is 1.65. The van der Waals surface area contributed by atoms with Gasteiger partial charge in [-0.2, -0.15) is 0 Å². The van der Waals surface area contributed by atoms with Gasteiger partial charge in [-0.15, -0.1) is 11.3 Å². The Morgan fingerprint density at radius 1 is 0.842 bits per heavy atom. The molecule has 0 aliphatic carbocycles. The average molecular weight is 529 g/mol. The van der Waals surface area contributed by atoms with Crippen LogP contribution in [0.4, 0.5) is 10.7 Å². The Morgan fingerprint density at radius 3 is 2.08 bits per heavy atom. The Kier molecular flexibility index (Phi) is 6.85. The molecule has 0 fully saturated rings. The Labute approximate surface area is 223 Å². The number of carbonyl (C=O) groups is 3. The molecule has 1 aliphatic rings. The first-order valence-electron chi connectivity index (χ1n) is 11.8. The van der Waals surface area contributed by atoms with Crippen molar-refractivity contribution in [3.63, 3.8) is 0 Å². The van der Waals surface area contributed by atoms with Crippen LogP contribution in [-0.4, -0.2) is 32.0 Å². The van der Waals surface area contributed by atoms with Gasteiger partial charge in [0.1, 0.15) is 22.2 Å². The van der Waals surface area contributed by atoms with Crippen LogP contribution in [0.1, 0.15) is 42.6 Å². The third kappa shape index (κ3) is 4.48. The van der Waals surface area contributed by atoms with Crippen molar-refractivity contribution in [1.29, 1.82) is 0 Å². The fourth-order valence-corrected chi connectivity index (χ4v) is 5.56. The predicted octanol–water partition coefficient (Wildman–Crippen LogP) is 5.98. The molecular formula is C29H24N2O6S. The molecule has 0 bridgehead atoms. The summed E-state index contributed by atoms with van der Waals surface area (Å²) in [7, 11) is 2.77. The van der Waals surface area contributed by atoms with Crippen LogP contribution in [0.5, 0.6) is 17.2 Å². The van der Waals surface area contributed by atoms with Crippen molar-refractivity contribution in [1.82, 2.24) is 0 Å². The van der Waals surface area contributed by atoms with Crippen molar-refractivity contribution < 1.29 is 28.6 Å². The quantitative estimate of drug-likeness (QED) is 0.299. The summed E-state index contributed by atoms with van der Waals surface area (Å²) in [6, 6.07) is 21.6. The average Bonchev–Trinajstić information content (AvgIpc) is 3.26. The topological polar surface area (TPSA) is 103 Å². The molecule has 0 atom stereocenters. The van der Waals surface area contributed by atoms with E-state index in [9.17, 15) is 14.4 Å². The van der Waals surface area contributed by atoms with Gasteiger partial charge in [0.2, 0.25) is 5.91 Å². The number of thiophene rings is 1. The highest BCUT2D eigenvalue weighted by atomic mass is 32.1. The smallest absolute Gasteiger partial charge is 0.341 e. The zero-order valence-electron chi connectivity index (χ0n) is 20.9. The zero-order valence-corrected chi connectivity index (χ0v) is 21.7. The summed E-state index contributed by atoms with van der Waals surface area (Å²) in [6.07, 6.45) is 0. The van der Waals surface area contributed by atoms with E-state index in [-0.39, 0.29) is 21.3 Å². The van der Waals surface area contributed by atoms with Crippen molar-refractivity contribution in [3.05, 3.63) is 99.9 Å². The number of para-hydroxylation sites is 4. The van der Waals surface area contributed by atoms with Gasteiger partial charge in [0.25, 0.3) is 5.91 Å². The fraction of sp³-hybridized carbons (Fsp3) is 0.138. The third-order valence-corrected chi connectivity index (χ3v) is 7.48. The molecule has 2 N–H and O–H groups in total. The molecule has 0 spiro atoms. The number of hydrogen-bond donors (Lipinski definition) is 2. The first kappa shape index (κ1) is 25.0. The van der Waals surface area contributed by atoms with Crippen LogP contribution in [-0.2, 0) is 9.53 Å². The number of carbonyl (C=O) groups excluding carboxylic acids is 3. The Hall–Kier alpha value is -4.63. The van der Waals surface area contributed by atoms with Crippen molar-refractivity contribution in [2.75, 3.05) is 24.9 Å². The predicted molar refractivity (Wildman–Crippen MR) is 145 cm³/mol. The standard InChI is InChI=1S/C29H24N2O6S/c1-16-23(29(34)36-3)28(38-25(16)27(33)30-19-12-6-9-15-22(19)35-2)31-26(32)24-17-10-4-7-13-20(17)37-21-14-8-5-11-18(21)24/h4-15,24H,1-3H3,(H,30,33)(H,31,32). The van der Waals surface area contributed by atoms with E-state index in [0.29, 0.717) is 39.6 Å². The molecule has 0 unspecified atom stereocenters. The number of rotatable bonds is 6. The van der Waals surface area contributed by atoms with Crippen molar-refractivity contribution >= 4 is 39.8 Å². The number of nitrogens with one attached hydrogen (secondary N) is 2. The van der Waals surface area contributed by atoms with Crippen molar-refractivity contribution in [2.24, 2.45) is 0 Å². The van der Waals surface area contributed by atoms with Gasteiger partial charge in [-0.05, 0) is 36.8 Å². The maximum atomic E-state index is 13.8. The molecule has 3 aromatic carbocycles. The minimum Gasteiger partial charge on any atom is -0.495 e. The molecule has 5 rings (SSSR count). The van der Waals surface area contributed by atoms with Gasteiger partial charge in [0.15, 0.2) is 0 Å². The van der Waals surface area contributed by atoms with Crippen LogP contribution in [0.3, 0.4) is 0 Å². The van der Waals surface area contributed by atoms with Crippen LogP contribution >= 0.6 is 11.3 Å². The first-order valence-corrected chi connectivity index (χ1v) is 12.6. The number of methoxy groups -OCH3 is 2. The summed E-state index contributed by atoms with van der Waals surface area (Å²) in [5, 5.41) is 5.95. The molecule has 0 saturated carbocycles. The lowest BCUT2D eigenvalue weighted by Crippen LogP contribution is -2.25. The van der Waals surface area contributed by atoms with Crippen molar-refractivity contribution in [3.8, 4) is 17.2 Å². The molecule has 9 heteroatoms. The van der Waals surface area contributed by atoms with E-state index in [4.69, 9.17) is 14.2 Å². The zero-order chi connectivity index (χ0) is 26.8. The summed E-state index contributed by atoms with van der Waals surface area (Å²) < 4.78 is 16.3. The Bertz CT molecular complexity index is 1510.